The molecule has 1 atom stereocenters. The number of halogens is 1. The lowest BCUT2D eigenvalue weighted by atomic mass is 9.92. The predicted octanol–water partition coefficient (Wildman–Crippen LogP) is 4.28. The maximum Gasteiger partial charge on any atom is 0.219 e. The van der Waals surface area contributed by atoms with Gasteiger partial charge in [-0.15, -0.1) is 0 Å². The summed E-state index contributed by atoms with van der Waals surface area (Å²) in [6, 6.07) is 0. The Morgan fingerprint density at radius 3 is 1.86 bits per heavy atom. The zero-order valence-corrected chi connectivity index (χ0v) is 15.8. The van der Waals surface area contributed by atoms with Gasteiger partial charge in [0, 0.05) is 12.1 Å². The van der Waals surface area contributed by atoms with Crippen LogP contribution in [0.15, 0.2) is 0 Å². The summed E-state index contributed by atoms with van der Waals surface area (Å²) >= 11 is 3.69. The van der Waals surface area contributed by atoms with Crippen molar-refractivity contribution < 1.29 is 4.79 Å². The van der Waals surface area contributed by atoms with Gasteiger partial charge < -0.3 is 10.6 Å². The van der Waals surface area contributed by atoms with Gasteiger partial charge in [0.2, 0.25) is 5.91 Å². The van der Waals surface area contributed by atoms with Gasteiger partial charge >= 0.3 is 0 Å². The van der Waals surface area contributed by atoms with Gasteiger partial charge in [0.05, 0.1) is 6.54 Å². The number of alkyl halides is 1. The van der Waals surface area contributed by atoms with E-state index in [0.717, 1.165) is 5.69 Å². The molecule has 0 spiro atoms. The van der Waals surface area contributed by atoms with Crippen molar-refractivity contribution >= 4 is 27.5 Å². The van der Waals surface area contributed by atoms with Gasteiger partial charge in [0.15, 0.2) is 0 Å². The highest BCUT2D eigenvalue weighted by atomic mass is 79.9. The summed E-state index contributed by atoms with van der Waals surface area (Å²) in [6.07, 6.45) is 0.504. The Balaban J connectivity index is 3.05. The van der Waals surface area contributed by atoms with Crippen LogP contribution in [0.2, 0.25) is 0 Å². The number of rotatable bonds is 5. The summed E-state index contributed by atoms with van der Waals surface area (Å²) < 4.78 is -0.374. The first kappa shape index (κ1) is 18.0. The smallest absolute Gasteiger partial charge is 0.219 e. The highest BCUT2D eigenvalue weighted by molar-refractivity contribution is 9.10. The number of carbonyl (C=O) groups excluding carboxylic acids is 1. The Kier molecular flexibility index (Phi) is 5.85. The molecule has 1 rings (SSSR count). The number of hydrogen-bond acceptors (Lipinski definition) is 2. The summed E-state index contributed by atoms with van der Waals surface area (Å²) in [4.78, 5) is 11.4. The van der Waals surface area contributed by atoms with Crippen LogP contribution in [0.1, 0.15) is 48.1 Å². The van der Waals surface area contributed by atoms with Crippen LogP contribution in [0.3, 0.4) is 0 Å². The van der Waals surface area contributed by atoms with Crippen LogP contribution in [0, 0.1) is 34.6 Å². The zero-order chi connectivity index (χ0) is 16.4. The third-order valence-corrected chi connectivity index (χ3v) is 4.80. The van der Waals surface area contributed by atoms with Gasteiger partial charge in [-0.25, -0.2) is 0 Å². The molecule has 2 N–H and O–H groups in total. The van der Waals surface area contributed by atoms with Gasteiger partial charge in [-0.1, -0.05) is 22.9 Å². The largest absolute Gasteiger partial charge is 0.369 e. The number of hydrogen-bond donors (Lipinski definition) is 2. The van der Waals surface area contributed by atoms with E-state index in [9.17, 15) is 4.79 Å². The van der Waals surface area contributed by atoms with Crippen molar-refractivity contribution in [3.05, 3.63) is 27.8 Å². The minimum absolute atomic E-state index is 0.0622. The van der Waals surface area contributed by atoms with Gasteiger partial charge in [0.25, 0.3) is 0 Å². The van der Waals surface area contributed by atoms with E-state index in [1.54, 1.807) is 0 Å². The topological polar surface area (TPSA) is 41.1 Å². The lowest BCUT2D eigenvalue weighted by molar-refractivity contribution is -0.120. The average molecular weight is 355 g/mol. The molecule has 0 aliphatic carbocycles. The maximum atomic E-state index is 11.4. The lowest BCUT2D eigenvalue weighted by Crippen LogP contribution is -2.42. The fourth-order valence-electron chi connectivity index (χ4n) is 2.38. The summed E-state index contributed by atoms with van der Waals surface area (Å²) in [5.74, 6) is 0.0622. The fraction of sp³-hybridized carbons (Fsp3) is 0.588. The van der Waals surface area contributed by atoms with Crippen molar-refractivity contribution in [3.63, 3.8) is 0 Å². The first-order chi connectivity index (χ1) is 9.60. The zero-order valence-electron chi connectivity index (χ0n) is 14.2. The van der Waals surface area contributed by atoms with Crippen LogP contribution in [-0.2, 0) is 4.79 Å². The van der Waals surface area contributed by atoms with E-state index >= 15 is 0 Å². The maximum absolute atomic E-state index is 11.4. The molecule has 1 unspecified atom stereocenters. The fourth-order valence-corrected chi connectivity index (χ4v) is 2.72. The second-order valence-electron chi connectivity index (χ2n) is 5.95. The molecule has 0 radical (unpaired) electrons. The second kappa shape index (κ2) is 6.82. The van der Waals surface area contributed by atoms with E-state index < -0.39 is 0 Å². The normalized spacial score (nSPS) is 13.7. The molecule has 0 aromatic heterocycles. The Hall–Kier alpha value is -1.03. The van der Waals surface area contributed by atoms with Crippen LogP contribution >= 0.6 is 15.9 Å². The second-order valence-corrected chi connectivity index (χ2v) is 7.70. The molecule has 0 fully saturated rings. The molecule has 0 heterocycles. The molecule has 0 saturated carbocycles. The molecule has 0 aliphatic heterocycles. The van der Waals surface area contributed by atoms with Crippen LogP contribution in [-0.4, -0.2) is 16.9 Å². The highest BCUT2D eigenvalue weighted by Crippen LogP contribution is 2.33. The molecule has 0 aliphatic rings. The summed E-state index contributed by atoms with van der Waals surface area (Å²) in [5.41, 5.74) is 7.68. The van der Waals surface area contributed by atoms with E-state index in [1.807, 2.05) is 13.8 Å². The number of benzene rings is 1. The molecule has 1 amide bonds. The van der Waals surface area contributed by atoms with Crippen molar-refractivity contribution in [1.29, 1.82) is 0 Å². The summed E-state index contributed by atoms with van der Waals surface area (Å²) in [7, 11) is 0. The quantitative estimate of drug-likeness (QED) is 0.612. The SMILES string of the molecule is CCC(=O)NCC(C)(Br)Nc1c(C)c(C)c(C)c(C)c1C. The van der Waals surface area contributed by atoms with Gasteiger partial charge in [0.1, 0.15) is 4.45 Å². The first-order valence-electron chi connectivity index (χ1n) is 7.41. The van der Waals surface area contributed by atoms with Crippen molar-refractivity contribution in [2.24, 2.45) is 0 Å². The third-order valence-electron chi connectivity index (χ3n) is 4.32. The van der Waals surface area contributed by atoms with Gasteiger partial charge in [-0.2, -0.15) is 0 Å². The Morgan fingerprint density at radius 2 is 1.43 bits per heavy atom. The lowest BCUT2D eigenvalue weighted by Gasteiger charge is -2.29. The first-order valence-corrected chi connectivity index (χ1v) is 8.20. The molecule has 0 bridgehead atoms. The van der Waals surface area contributed by atoms with E-state index in [2.05, 4.69) is 61.2 Å². The Morgan fingerprint density at radius 1 is 1.00 bits per heavy atom. The van der Waals surface area contributed by atoms with Crippen molar-refractivity contribution in [2.45, 2.75) is 59.3 Å². The number of carbonyl (C=O) groups is 1. The van der Waals surface area contributed by atoms with Crippen LogP contribution in [0.25, 0.3) is 0 Å². The molecular weight excluding hydrogens is 328 g/mol. The Labute approximate surface area is 137 Å². The van der Waals surface area contributed by atoms with E-state index in [-0.39, 0.29) is 10.4 Å². The van der Waals surface area contributed by atoms with Gasteiger partial charge in [-0.3, -0.25) is 4.79 Å². The van der Waals surface area contributed by atoms with E-state index in [1.165, 1.54) is 27.8 Å². The van der Waals surface area contributed by atoms with Crippen molar-refractivity contribution in [3.8, 4) is 0 Å². The summed E-state index contributed by atoms with van der Waals surface area (Å²) in [5, 5.41) is 6.47. The van der Waals surface area contributed by atoms with Crippen LogP contribution in [0.5, 0.6) is 0 Å². The van der Waals surface area contributed by atoms with E-state index in [4.69, 9.17) is 0 Å². The molecule has 1 aromatic carbocycles. The predicted molar refractivity (Wildman–Crippen MR) is 94.4 cm³/mol. The van der Waals surface area contributed by atoms with Crippen molar-refractivity contribution in [1.82, 2.24) is 5.32 Å². The average Bonchev–Trinajstić information content (AvgIpc) is 2.45. The number of amides is 1. The number of anilines is 1. The van der Waals surface area contributed by atoms with Gasteiger partial charge in [-0.05, 0) is 69.4 Å². The van der Waals surface area contributed by atoms with E-state index in [0.29, 0.717) is 13.0 Å². The standard InChI is InChI=1S/C17H27BrN2O/c1-8-15(21)19-9-17(7,18)20-16-13(5)11(3)10(2)12(4)14(16)6/h20H,8-9H2,1-7H3,(H,19,21). The molecule has 21 heavy (non-hydrogen) atoms. The molecule has 3 nitrogen and oxygen atoms in total. The number of nitrogens with one attached hydrogen (secondary N) is 2. The molecule has 4 heteroatoms. The third kappa shape index (κ3) is 4.22. The highest BCUT2D eigenvalue weighted by Gasteiger charge is 2.23. The molecule has 118 valence electrons. The molecule has 0 saturated heterocycles. The molecular formula is C17H27BrN2O. The molecule has 1 aromatic rings. The summed E-state index contributed by atoms with van der Waals surface area (Å²) in [6.45, 7) is 15.2. The van der Waals surface area contributed by atoms with Crippen molar-refractivity contribution in [2.75, 3.05) is 11.9 Å². The van der Waals surface area contributed by atoms with Crippen LogP contribution < -0.4 is 10.6 Å². The minimum atomic E-state index is -0.374. The Bertz CT molecular complexity index is 521. The monoisotopic (exact) mass is 354 g/mol. The minimum Gasteiger partial charge on any atom is -0.369 e. The van der Waals surface area contributed by atoms with Crippen LogP contribution in [0.4, 0.5) is 5.69 Å².